The van der Waals surface area contributed by atoms with Crippen LogP contribution in [0.3, 0.4) is 0 Å². The van der Waals surface area contributed by atoms with Crippen LogP contribution < -0.4 is 10.2 Å². The van der Waals surface area contributed by atoms with Gasteiger partial charge in [0.25, 0.3) is 0 Å². The van der Waals surface area contributed by atoms with E-state index in [9.17, 15) is 4.79 Å². The summed E-state index contributed by atoms with van der Waals surface area (Å²) in [5.41, 5.74) is 5.81. The Hall–Kier alpha value is -3.86. The number of hydrogen-bond donors (Lipinski definition) is 2. The van der Waals surface area contributed by atoms with E-state index in [1.165, 1.54) is 6.92 Å². The molecule has 3 aromatic carbocycles. The molecule has 5 heteroatoms. The number of rotatable bonds is 5. The number of nitrogens with one attached hydrogen (secondary N) is 2. The van der Waals surface area contributed by atoms with Crippen LogP contribution in [0.4, 0.5) is 17.1 Å². The van der Waals surface area contributed by atoms with Crippen LogP contribution in [0, 0.1) is 0 Å². The third-order valence-corrected chi connectivity index (χ3v) is 4.75. The Balaban J connectivity index is 1.60. The molecule has 29 heavy (non-hydrogen) atoms. The normalized spacial score (nSPS) is 11.1. The summed E-state index contributed by atoms with van der Waals surface area (Å²) in [6.07, 6.45) is 4.08. The molecule has 0 fully saturated rings. The summed E-state index contributed by atoms with van der Waals surface area (Å²) in [7, 11) is 2.00. The maximum atomic E-state index is 11.3. The van der Waals surface area contributed by atoms with Crippen LogP contribution >= 0.6 is 0 Å². The second-order valence-corrected chi connectivity index (χ2v) is 6.87. The fraction of sp³-hybridized carbons (Fsp3) is 0.0833. The summed E-state index contributed by atoms with van der Waals surface area (Å²) in [5, 5.41) is 11.5. The molecular weight excluding hydrogens is 360 g/mol. The molecule has 0 aliphatic rings. The Labute approximate surface area is 169 Å². The molecule has 4 rings (SSSR count). The predicted octanol–water partition coefficient (Wildman–Crippen LogP) is 5.46. The second-order valence-electron chi connectivity index (χ2n) is 6.87. The van der Waals surface area contributed by atoms with E-state index in [1.54, 1.807) is 0 Å². The minimum Gasteiger partial charge on any atom is -0.344 e. The first-order chi connectivity index (χ1) is 14.1. The first kappa shape index (κ1) is 18.5. The molecule has 1 aromatic heterocycles. The lowest BCUT2D eigenvalue weighted by Crippen LogP contribution is -2.11. The monoisotopic (exact) mass is 382 g/mol. The summed E-state index contributed by atoms with van der Waals surface area (Å²) in [6.45, 7) is 1.51. The maximum absolute atomic E-state index is 11.3. The minimum atomic E-state index is -0.0835. The average Bonchev–Trinajstić information content (AvgIpc) is 3.14. The first-order valence-corrected chi connectivity index (χ1v) is 9.43. The van der Waals surface area contributed by atoms with Gasteiger partial charge in [0.15, 0.2) is 0 Å². The van der Waals surface area contributed by atoms with Crippen molar-refractivity contribution in [1.82, 2.24) is 10.2 Å². The summed E-state index contributed by atoms with van der Waals surface area (Å²) in [4.78, 5) is 13.4. The van der Waals surface area contributed by atoms with E-state index in [1.807, 2.05) is 55.6 Å². The van der Waals surface area contributed by atoms with E-state index in [0.717, 1.165) is 39.2 Å². The van der Waals surface area contributed by atoms with Crippen LogP contribution in [0.15, 0.2) is 72.8 Å². The van der Waals surface area contributed by atoms with Gasteiger partial charge in [-0.3, -0.25) is 9.89 Å². The smallest absolute Gasteiger partial charge is 0.221 e. The van der Waals surface area contributed by atoms with E-state index in [4.69, 9.17) is 0 Å². The lowest BCUT2D eigenvalue weighted by molar-refractivity contribution is -0.114. The molecule has 0 radical (unpaired) electrons. The minimum absolute atomic E-state index is 0.0835. The van der Waals surface area contributed by atoms with Gasteiger partial charge in [0.2, 0.25) is 5.91 Å². The summed E-state index contributed by atoms with van der Waals surface area (Å²) < 4.78 is 0. The van der Waals surface area contributed by atoms with Crippen LogP contribution in [0.1, 0.15) is 18.2 Å². The van der Waals surface area contributed by atoms with Crippen molar-refractivity contribution in [3.05, 3.63) is 84.1 Å². The summed E-state index contributed by atoms with van der Waals surface area (Å²) >= 11 is 0. The van der Waals surface area contributed by atoms with Gasteiger partial charge in [0.1, 0.15) is 0 Å². The fourth-order valence-corrected chi connectivity index (χ4v) is 3.25. The number of amides is 1. The Morgan fingerprint density at radius 3 is 2.55 bits per heavy atom. The van der Waals surface area contributed by atoms with Gasteiger partial charge in [0, 0.05) is 36.4 Å². The second kappa shape index (κ2) is 8.02. The first-order valence-electron chi connectivity index (χ1n) is 9.43. The van der Waals surface area contributed by atoms with Crippen LogP contribution in [0.5, 0.6) is 0 Å². The van der Waals surface area contributed by atoms with Crippen molar-refractivity contribution in [3.63, 3.8) is 0 Å². The van der Waals surface area contributed by atoms with Crippen LogP contribution in [-0.2, 0) is 4.79 Å². The zero-order valence-corrected chi connectivity index (χ0v) is 16.4. The van der Waals surface area contributed by atoms with E-state index in [2.05, 4.69) is 56.8 Å². The number of benzene rings is 3. The van der Waals surface area contributed by atoms with Gasteiger partial charge in [-0.25, -0.2) is 0 Å². The van der Waals surface area contributed by atoms with Crippen molar-refractivity contribution in [2.75, 3.05) is 17.3 Å². The molecule has 0 aliphatic carbocycles. The van der Waals surface area contributed by atoms with E-state index in [0.29, 0.717) is 0 Å². The fourth-order valence-electron chi connectivity index (χ4n) is 3.25. The van der Waals surface area contributed by atoms with E-state index < -0.39 is 0 Å². The molecule has 0 bridgehead atoms. The molecule has 4 aromatic rings. The molecule has 5 nitrogen and oxygen atoms in total. The summed E-state index contributed by atoms with van der Waals surface area (Å²) in [5.74, 6) is -0.0835. The van der Waals surface area contributed by atoms with Crippen LogP contribution in [-0.4, -0.2) is 23.2 Å². The molecular formula is C24H22N4O. The van der Waals surface area contributed by atoms with Crippen molar-refractivity contribution in [3.8, 4) is 0 Å². The highest BCUT2D eigenvalue weighted by molar-refractivity contribution is 5.92. The zero-order valence-electron chi connectivity index (χ0n) is 16.4. The van der Waals surface area contributed by atoms with Gasteiger partial charge in [-0.15, -0.1) is 0 Å². The largest absolute Gasteiger partial charge is 0.344 e. The molecule has 1 amide bonds. The Morgan fingerprint density at radius 1 is 0.966 bits per heavy atom. The highest BCUT2D eigenvalue weighted by Crippen LogP contribution is 2.29. The van der Waals surface area contributed by atoms with E-state index in [-0.39, 0.29) is 5.91 Å². The number of carbonyl (C=O) groups excluding carboxylic acids is 1. The number of anilines is 3. The third kappa shape index (κ3) is 4.19. The lowest BCUT2D eigenvalue weighted by atomic mass is 10.1. The zero-order chi connectivity index (χ0) is 20.2. The Kier molecular flexibility index (Phi) is 5.12. The number of aromatic nitrogens is 2. The van der Waals surface area contributed by atoms with Crippen molar-refractivity contribution < 1.29 is 4.79 Å². The van der Waals surface area contributed by atoms with Gasteiger partial charge in [-0.1, -0.05) is 42.5 Å². The molecule has 0 unspecified atom stereocenters. The molecule has 0 saturated carbocycles. The molecule has 0 atom stereocenters. The number of fused-ring (bicyclic) bond motifs is 1. The standard InChI is InChI=1S/C24H22N4O/c1-17(29)25-19-9-6-10-20(15-19)28(2)21-12-13-22-23(26-27-24(22)16-21)14-11-18-7-4-3-5-8-18/h3-16H,1-2H3,(H,25,29)(H,26,27)/b14-11+. The quantitative estimate of drug-likeness (QED) is 0.482. The van der Waals surface area contributed by atoms with Gasteiger partial charge in [-0.2, -0.15) is 5.10 Å². The Bertz CT molecular complexity index is 1180. The molecule has 1 heterocycles. The van der Waals surface area contributed by atoms with Crippen molar-refractivity contribution in [1.29, 1.82) is 0 Å². The van der Waals surface area contributed by atoms with Crippen molar-refractivity contribution >= 4 is 46.0 Å². The van der Waals surface area contributed by atoms with Crippen molar-refractivity contribution in [2.24, 2.45) is 0 Å². The molecule has 144 valence electrons. The van der Waals surface area contributed by atoms with Gasteiger partial charge < -0.3 is 10.2 Å². The SMILES string of the molecule is CC(=O)Nc1cccc(N(C)c2ccc3c(/C=C/c4ccccc4)n[nH]c3c2)c1. The van der Waals surface area contributed by atoms with Crippen LogP contribution in [0.25, 0.3) is 23.1 Å². The molecule has 0 spiro atoms. The van der Waals surface area contributed by atoms with Gasteiger partial charge in [-0.05, 0) is 48.0 Å². The van der Waals surface area contributed by atoms with Crippen molar-refractivity contribution in [2.45, 2.75) is 6.92 Å². The predicted molar refractivity (Wildman–Crippen MR) is 120 cm³/mol. The highest BCUT2D eigenvalue weighted by Gasteiger charge is 2.09. The number of hydrogen-bond acceptors (Lipinski definition) is 3. The maximum Gasteiger partial charge on any atom is 0.221 e. The average molecular weight is 382 g/mol. The molecule has 2 N–H and O–H groups in total. The topological polar surface area (TPSA) is 61.0 Å². The summed E-state index contributed by atoms with van der Waals surface area (Å²) in [6, 6.07) is 24.2. The number of aromatic amines is 1. The number of H-pyrrole nitrogens is 1. The van der Waals surface area contributed by atoms with Crippen LogP contribution in [0.2, 0.25) is 0 Å². The third-order valence-electron chi connectivity index (χ3n) is 4.75. The van der Waals surface area contributed by atoms with Gasteiger partial charge in [0.05, 0.1) is 11.2 Å². The van der Waals surface area contributed by atoms with E-state index >= 15 is 0 Å². The molecule has 0 aliphatic heterocycles. The molecule has 0 saturated heterocycles. The number of carbonyl (C=O) groups is 1. The Morgan fingerprint density at radius 2 is 1.76 bits per heavy atom. The lowest BCUT2D eigenvalue weighted by Gasteiger charge is -2.20. The number of nitrogens with zero attached hydrogens (tertiary/aromatic N) is 2. The highest BCUT2D eigenvalue weighted by atomic mass is 16.1. The van der Waals surface area contributed by atoms with Gasteiger partial charge >= 0.3 is 0 Å².